The van der Waals surface area contributed by atoms with Gasteiger partial charge < -0.3 is 25.6 Å². The van der Waals surface area contributed by atoms with Crippen LogP contribution < -0.4 is 10.6 Å². The van der Waals surface area contributed by atoms with E-state index in [9.17, 15) is 24.3 Å². The van der Waals surface area contributed by atoms with E-state index in [4.69, 9.17) is 0 Å². The summed E-state index contributed by atoms with van der Waals surface area (Å²) in [5, 5.41) is 16.0. The van der Waals surface area contributed by atoms with Crippen LogP contribution in [-0.2, 0) is 20.8 Å². The normalized spacial score (nSPS) is 19.4. The maximum Gasteiger partial charge on any atom is 0.326 e. The Balaban J connectivity index is 1.50. The number of H-pyrrole nitrogens is 1. The molecule has 0 aliphatic carbocycles. The molecule has 1 aromatic heterocycles. The lowest BCUT2D eigenvalue weighted by Crippen LogP contribution is -2.58. The fourth-order valence-corrected chi connectivity index (χ4v) is 5.88. The van der Waals surface area contributed by atoms with Crippen molar-refractivity contribution in [1.29, 1.82) is 0 Å². The number of carboxylic acid groups (broad SMARTS) is 1. The molecular weight excluding hydrogens is 496 g/mol. The maximum absolute atomic E-state index is 13.9. The Morgan fingerprint density at radius 3 is 2.41 bits per heavy atom. The van der Waals surface area contributed by atoms with E-state index in [0.29, 0.717) is 18.4 Å². The van der Waals surface area contributed by atoms with Crippen LogP contribution in [0.5, 0.6) is 0 Å². The molecule has 0 fully saturated rings. The fourth-order valence-electron chi connectivity index (χ4n) is 5.88. The number of para-hydroxylation sites is 1. The number of amides is 3. The van der Waals surface area contributed by atoms with E-state index in [-0.39, 0.29) is 17.7 Å². The van der Waals surface area contributed by atoms with Crippen LogP contribution in [-0.4, -0.2) is 56.8 Å². The predicted octanol–water partition coefficient (Wildman–Crippen LogP) is 3.39. The zero-order chi connectivity index (χ0) is 28.0. The van der Waals surface area contributed by atoms with Gasteiger partial charge in [0.15, 0.2) is 0 Å². The van der Waals surface area contributed by atoms with E-state index < -0.39 is 42.0 Å². The minimum atomic E-state index is -1.13. The summed E-state index contributed by atoms with van der Waals surface area (Å²) in [6.07, 6.45) is 0.617. The number of benzene rings is 2. The Bertz CT molecular complexity index is 1460. The van der Waals surface area contributed by atoms with Gasteiger partial charge in [-0.25, -0.2) is 4.79 Å². The molecular formula is C30H34N4O5. The van der Waals surface area contributed by atoms with Crippen molar-refractivity contribution in [3.8, 4) is 0 Å². The summed E-state index contributed by atoms with van der Waals surface area (Å²) in [4.78, 5) is 57.7. The average Bonchev–Trinajstić information content (AvgIpc) is 3.41. The van der Waals surface area contributed by atoms with Gasteiger partial charge in [-0.15, -0.1) is 0 Å². The van der Waals surface area contributed by atoms with Gasteiger partial charge in [0, 0.05) is 28.6 Å². The minimum Gasteiger partial charge on any atom is -0.480 e. The lowest BCUT2D eigenvalue weighted by Gasteiger charge is -2.38. The zero-order valence-corrected chi connectivity index (χ0v) is 22.5. The third kappa shape index (κ3) is 4.66. The lowest BCUT2D eigenvalue weighted by molar-refractivity contribution is -0.143. The van der Waals surface area contributed by atoms with Crippen LogP contribution in [0.2, 0.25) is 0 Å². The summed E-state index contributed by atoms with van der Waals surface area (Å²) in [5.74, 6) is -2.61. The zero-order valence-electron chi connectivity index (χ0n) is 22.5. The lowest BCUT2D eigenvalue weighted by atomic mass is 9.89. The maximum atomic E-state index is 13.9. The van der Waals surface area contributed by atoms with Gasteiger partial charge in [0.1, 0.15) is 18.1 Å². The van der Waals surface area contributed by atoms with E-state index >= 15 is 0 Å². The molecule has 4 atom stereocenters. The Morgan fingerprint density at radius 2 is 1.72 bits per heavy atom. The third-order valence-corrected chi connectivity index (χ3v) is 7.73. The first kappa shape index (κ1) is 26.5. The van der Waals surface area contributed by atoms with Crippen molar-refractivity contribution < 1.29 is 24.3 Å². The van der Waals surface area contributed by atoms with E-state index in [0.717, 1.165) is 27.7 Å². The quantitative estimate of drug-likeness (QED) is 0.355. The van der Waals surface area contributed by atoms with Gasteiger partial charge in [-0.1, -0.05) is 64.1 Å². The second-order valence-electron chi connectivity index (χ2n) is 11.2. The molecule has 2 aromatic carbocycles. The Labute approximate surface area is 227 Å². The van der Waals surface area contributed by atoms with Gasteiger partial charge >= 0.3 is 5.97 Å². The number of aromatic amines is 1. The first-order valence-corrected chi connectivity index (χ1v) is 13.4. The van der Waals surface area contributed by atoms with Gasteiger partial charge in [-0.05, 0) is 41.5 Å². The molecule has 0 radical (unpaired) electrons. The largest absolute Gasteiger partial charge is 0.480 e. The summed E-state index contributed by atoms with van der Waals surface area (Å²) < 4.78 is 0. The van der Waals surface area contributed by atoms with Crippen LogP contribution >= 0.6 is 0 Å². The molecule has 0 bridgehead atoms. The topological polar surface area (TPSA) is 132 Å². The molecule has 3 heterocycles. The average molecular weight is 531 g/mol. The van der Waals surface area contributed by atoms with Gasteiger partial charge in [-0.3, -0.25) is 14.4 Å². The molecule has 2 aliphatic rings. The summed E-state index contributed by atoms with van der Waals surface area (Å²) in [7, 11) is 0. The highest BCUT2D eigenvalue weighted by Crippen LogP contribution is 2.46. The van der Waals surface area contributed by atoms with Crippen LogP contribution in [0, 0.1) is 11.8 Å². The number of aromatic nitrogens is 1. The SMILES string of the molecule is CC(C)C[C@H](NC(=O)[C@@H]1Cc2c([nH]c3ccccc23)[C@H]2c3ccccc3C(=O)N21)C(=O)N[C@@H](C(=O)O)C(C)C. The molecule has 204 valence electrons. The van der Waals surface area contributed by atoms with Crippen LogP contribution in [0.1, 0.15) is 67.3 Å². The van der Waals surface area contributed by atoms with Gasteiger partial charge in [-0.2, -0.15) is 0 Å². The van der Waals surface area contributed by atoms with Crippen LogP contribution in [0.3, 0.4) is 0 Å². The summed E-state index contributed by atoms with van der Waals surface area (Å²) in [5.41, 5.74) is 4.21. The van der Waals surface area contributed by atoms with Gasteiger partial charge in [0.05, 0.1) is 6.04 Å². The van der Waals surface area contributed by atoms with Crippen molar-refractivity contribution in [2.45, 2.75) is 64.7 Å². The number of aliphatic carboxylic acids is 1. The number of hydrogen-bond acceptors (Lipinski definition) is 4. The van der Waals surface area contributed by atoms with Crippen LogP contribution in [0.25, 0.3) is 10.9 Å². The van der Waals surface area contributed by atoms with Crippen LogP contribution in [0.4, 0.5) is 0 Å². The highest BCUT2D eigenvalue weighted by Gasteiger charge is 2.49. The van der Waals surface area contributed by atoms with Crippen molar-refractivity contribution in [1.82, 2.24) is 20.5 Å². The second kappa shape index (κ2) is 10.2. The van der Waals surface area contributed by atoms with Gasteiger partial charge in [0.2, 0.25) is 11.8 Å². The number of nitrogens with one attached hydrogen (secondary N) is 3. The monoisotopic (exact) mass is 530 g/mol. The second-order valence-corrected chi connectivity index (χ2v) is 11.2. The number of fused-ring (bicyclic) bond motifs is 7. The molecule has 0 saturated heterocycles. The summed E-state index contributed by atoms with van der Waals surface area (Å²) in [6.45, 7) is 7.29. The first-order valence-electron chi connectivity index (χ1n) is 13.4. The Morgan fingerprint density at radius 1 is 1.03 bits per heavy atom. The highest BCUT2D eigenvalue weighted by molar-refractivity contribution is 6.04. The molecule has 0 spiro atoms. The Kier molecular flexibility index (Phi) is 6.92. The smallest absolute Gasteiger partial charge is 0.326 e. The highest BCUT2D eigenvalue weighted by atomic mass is 16.4. The van der Waals surface area contributed by atoms with Crippen molar-refractivity contribution >= 4 is 34.6 Å². The third-order valence-electron chi connectivity index (χ3n) is 7.73. The van der Waals surface area contributed by atoms with Crippen molar-refractivity contribution in [2.75, 3.05) is 0 Å². The van der Waals surface area contributed by atoms with E-state index in [1.807, 2.05) is 56.3 Å². The summed E-state index contributed by atoms with van der Waals surface area (Å²) >= 11 is 0. The molecule has 4 N–H and O–H groups in total. The van der Waals surface area contributed by atoms with Crippen LogP contribution in [0.15, 0.2) is 48.5 Å². The number of nitrogens with zero attached hydrogens (tertiary/aromatic N) is 1. The van der Waals surface area contributed by atoms with Crippen molar-refractivity contribution in [3.05, 3.63) is 70.9 Å². The number of carboxylic acids is 1. The molecule has 39 heavy (non-hydrogen) atoms. The number of carbonyl (C=O) groups excluding carboxylic acids is 3. The molecule has 2 aliphatic heterocycles. The van der Waals surface area contributed by atoms with E-state index in [1.165, 1.54) is 0 Å². The van der Waals surface area contributed by atoms with E-state index in [1.54, 1.807) is 24.8 Å². The van der Waals surface area contributed by atoms with Crippen molar-refractivity contribution in [2.24, 2.45) is 11.8 Å². The molecule has 0 saturated carbocycles. The minimum absolute atomic E-state index is 0.0559. The van der Waals surface area contributed by atoms with Gasteiger partial charge in [0.25, 0.3) is 5.91 Å². The number of carbonyl (C=O) groups is 4. The van der Waals surface area contributed by atoms with E-state index in [2.05, 4.69) is 15.6 Å². The molecule has 9 heteroatoms. The number of hydrogen-bond donors (Lipinski definition) is 4. The molecule has 3 amide bonds. The standard InChI is InChI=1S/C30H34N4O5/c1-15(2)13-22(27(35)33-24(16(3)4)30(38)39)32-28(36)23-14-20-17-9-7-8-12-21(17)31-25(20)26-18-10-5-6-11-19(18)29(37)34(23)26/h5-12,15-16,22-24,26,31H,13-14H2,1-4H3,(H,32,36)(H,33,35)(H,38,39)/t22-,23-,24+,26+/m0/s1. The Hall–Kier alpha value is -4.14. The molecule has 3 aromatic rings. The first-order chi connectivity index (χ1) is 18.6. The number of rotatable bonds is 8. The predicted molar refractivity (Wildman–Crippen MR) is 146 cm³/mol. The molecule has 0 unspecified atom stereocenters. The fraction of sp³-hybridized carbons (Fsp3) is 0.400. The molecule has 9 nitrogen and oxygen atoms in total. The summed E-state index contributed by atoms with van der Waals surface area (Å²) in [6, 6.07) is 12.0. The van der Waals surface area contributed by atoms with Crippen molar-refractivity contribution in [3.63, 3.8) is 0 Å². The molecule has 5 rings (SSSR count).